The number of hydrogen-bond donors (Lipinski definition) is 3. The molecule has 0 radical (unpaired) electrons. The fourth-order valence-corrected chi connectivity index (χ4v) is 7.01. The van der Waals surface area contributed by atoms with E-state index in [1.54, 1.807) is 46.4 Å². The molecule has 0 spiro atoms. The van der Waals surface area contributed by atoms with E-state index in [0.717, 1.165) is 32.1 Å². The minimum absolute atomic E-state index is 0.0810. The Kier molecular flexibility index (Phi) is 11.9. The predicted molar refractivity (Wildman–Crippen MR) is 171 cm³/mol. The van der Waals surface area contributed by atoms with Gasteiger partial charge in [0.15, 0.2) is 0 Å². The standard InChI is InChI=1S/C34H56N4O8/c1-10-14-22(27(40)29(42)35-18-17-23(39)45-32(2,3)4)36-28(41)26-24-21(34(24,8)9)19-38(26)30(43)25(20-15-12-11-13-16-20)37-31(44)46-33(5,6)7/h20-22,24-26H,10-19H2,1-9H3,(H,35,42)(H,36,41)(H,37,44)/t21?,22?,24?,25-,26-/m0/s1. The summed E-state index contributed by atoms with van der Waals surface area (Å²) in [5.74, 6) is -3.13. The van der Waals surface area contributed by atoms with E-state index in [1.165, 1.54) is 0 Å². The van der Waals surface area contributed by atoms with Crippen LogP contribution in [-0.4, -0.2) is 82.9 Å². The number of esters is 1. The molecule has 260 valence electrons. The molecule has 0 aromatic heterocycles. The zero-order valence-corrected chi connectivity index (χ0v) is 29.2. The molecule has 3 aliphatic rings. The first kappa shape index (κ1) is 37.3. The Labute approximate surface area is 273 Å². The number of hydrogen-bond acceptors (Lipinski definition) is 8. The number of Topliss-reactive ketones (excluding diaryl/α,β-unsaturated/α-hetero) is 1. The summed E-state index contributed by atoms with van der Waals surface area (Å²) in [5.41, 5.74) is -1.59. The van der Waals surface area contributed by atoms with Gasteiger partial charge >= 0.3 is 12.1 Å². The quantitative estimate of drug-likeness (QED) is 0.214. The lowest BCUT2D eigenvalue weighted by atomic mass is 9.83. The summed E-state index contributed by atoms with van der Waals surface area (Å²) in [6, 6.07) is -2.78. The maximum absolute atomic E-state index is 14.3. The first-order valence-electron chi connectivity index (χ1n) is 16.9. The lowest BCUT2D eigenvalue weighted by Crippen LogP contribution is -2.59. The Balaban J connectivity index is 1.75. The molecule has 3 unspecified atom stereocenters. The van der Waals surface area contributed by atoms with Gasteiger partial charge in [-0.15, -0.1) is 0 Å². The fraction of sp³-hybridized carbons (Fsp3) is 0.824. The van der Waals surface area contributed by atoms with Crippen molar-refractivity contribution in [2.45, 2.75) is 143 Å². The molecule has 3 N–H and O–H groups in total. The summed E-state index contributed by atoms with van der Waals surface area (Å²) in [6.07, 6.45) is 4.52. The lowest BCUT2D eigenvalue weighted by Gasteiger charge is -2.37. The van der Waals surface area contributed by atoms with E-state index < -0.39 is 59.0 Å². The van der Waals surface area contributed by atoms with E-state index in [9.17, 15) is 28.8 Å². The van der Waals surface area contributed by atoms with Gasteiger partial charge < -0.3 is 30.3 Å². The Hall–Kier alpha value is -3.18. The van der Waals surface area contributed by atoms with Gasteiger partial charge in [0.1, 0.15) is 23.3 Å². The van der Waals surface area contributed by atoms with Gasteiger partial charge in [-0.05, 0) is 84.0 Å². The highest BCUT2D eigenvalue weighted by atomic mass is 16.6. The van der Waals surface area contributed by atoms with Crippen molar-refractivity contribution in [3.05, 3.63) is 0 Å². The van der Waals surface area contributed by atoms with Crippen molar-refractivity contribution in [2.75, 3.05) is 13.1 Å². The summed E-state index contributed by atoms with van der Waals surface area (Å²) < 4.78 is 10.7. The van der Waals surface area contributed by atoms with Crippen LogP contribution in [0.3, 0.4) is 0 Å². The van der Waals surface area contributed by atoms with Crippen molar-refractivity contribution in [2.24, 2.45) is 23.2 Å². The Bertz CT molecular complexity index is 1160. The number of fused-ring (bicyclic) bond motifs is 1. The van der Waals surface area contributed by atoms with Gasteiger partial charge in [0.05, 0.1) is 12.5 Å². The van der Waals surface area contributed by atoms with Crippen LogP contribution in [0.25, 0.3) is 0 Å². The van der Waals surface area contributed by atoms with Crippen LogP contribution in [0.15, 0.2) is 0 Å². The van der Waals surface area contributed by atoms with Crippen molar-refractivity contribution in [3.8, 4) is 0 Å². The number of ketones is 1. The Morgan fingerprint density at radius 2 is 1.50 bits per heavy atom. The second-order valence-corrected chi connectivity index (χ2v) is 15.7. The third-order valence-electron chi connectivity index (χ3n) is 9.29. The van der Waals surface area contributed by atoms with Crippen LogP contribution in [0.5, 0.6) is 0 Å². The van der Waals surface area contributed by atoms with Crippen molar-refractivity contribution >= 4 is 35.6 Å². The van der Waals surface area contributed by atoms with Crippen LogP contribution in [0.2, 0.25) is 0 Å². The summed E-state index contributed by atoms with van der Waals surface area (Å²) >= 11 is 0. The van der Waals surface area contributed by atoms with E-state index in [0.29, 0.717) is 13.0 Å². The molecule has 46 heavy (non-hydrogen) atoms. The molecule has 3 fully saturated rings. The van der Waals surface area contributed by atoms with Crippen molar-refractivity contribution in [1.82, 2.24) is 20.9 Å². The Morgan fingerprint density at radius 3 is 2.07 bits per heavy atom. The number of nitrogens with one attached hydrogen (secondary N) is 3. The maximum Gasteiger partial charge on any atom is 0.408 e. The minimum atomic E-state index is -1.09. The molecule has 1 saturated heterocycles. The van der Waals surface area contributed by atoms with E-state index in [4.69, 9.17) is 9.47 Å². The highest BCUT2D eigenvalue weighted by molar-refractivity contribution is 6.38. The minimum Gasteiger partial charge on any atom is -0.460 e. The van der Waals surface area contributed by atoms with Gasteiger partial charge in [0, 0.05) is 13.1 Å². The molecular weight excluding hydrogens is 592 g/mol. The molecule has 0 aromatic carbocycles. The lowest BCUT2D eigenvalue weighted by molar-refractivity contribution is -0.154. The average molecular weight is 649 g/mol. The van der Waals surface area contributed by atoms with Crippen LogP contribution >= 0.6 is 0 Å². The highest BCUT2D eigenvalue weighted by Crippen LogP contribution is 2.65. The molecular formula is C34H56N4O8. The highest BCUT2D eigenvalue weighted by Gasteiger charge is 2.69. The second-order valence-electron chi connectivity index (χ2n) is 15.7. The second kappa shape index (κ2) is 14.7. The number of nitrogens with zero attached hydrogens (tertiary/aromatic N) is 1. The van der Waals surface area contributed by atoms with Crippen molar-refractivity contribution < 1.29 is 38.2 Å². The van der Waals surface area contributed by atoms with Gasteiger partial charge in [-0.2, -0.15) is 0 Å². The van der Waals surface area contributed by atoms with Crippen LogP contribution in [0, 0.1) is 23.2 Å². The van der Waals surface area contributed by atoms with E-state index in [2.05, 4.69) is 29.8 Å². The summed E-state index contributed by atoms with van der Waals surface area (Å²) in [6.45, 7) is 16.8. The topological polar surface area (TPSA) is 160 Å². The van der Waals surface area contributed by atoms with Gasteiger partial charge in [-0.1, -0.05) is 46.5 Å². The Morgan fingerprint density at radius 1 is 0.891 bits per heavy atom. The molecule has 12 heteroatoms. The number of alkyl carbamates (subject to hydrolysis) is 1. The SMILES string of the molecule is CCCC(NC(=O)[C@@H]1C2C(CN1C(=O)[C@@H](NC(=O)OC(C)(C)C)C1CCCCC1)C2(C)C)C(=O)C(=O)NCCC(=O)OC(C)(C)C. The summed E-state index contributed by atoms with van der Waals surface area (Å²) in [5, 5.41) is 8.10. The van der Waals surface area contributed by atoms with E-state index in [-0.39, 0.29) is 48.5 Å². The van der Waals surface area contributed by atoms with E-state index in [1.807, 2.05) is 6.92 Å². The van der Waals surface area contributed by atoms with Crippen molar-refractivity contribution in [1.29, 1.82) is 0 Å². The molecule has 1 aliphatic heterocycles. The molecule has 12 nitrogen and oxygen atoms in total. The molecule has 0 bridgehead atoms. The number of amides is 4. The first-order valence-corrected chi connectivity index (χ1v) is 16.9. The third kappa shape index (κ3) is 9.67. The number of likely N-dealkylation sites (tertiary alicyclic amines) is 1. The molecule has 2 saturated carbocycles. The monoisotopic (exact) mass is 648 g/mol. The van der Waals surface area contributed by atoms with E-state index >= 15 is 0 Å². The molecule has 1 heterocycles. The van der Waals surface area contributed by atoms with Gasteiger partial charge in [-0.25, -0.2) is 4.79 Å². The number of carbonyl (C=O) groups is 6. The summed E-state index contributed by atoms with van der Waals surface area (Å²) in [4.78, 5) is 80.6. The van der Waals surface area contributed by atoms with Gasteiger partial charge in [0.25, 0.3) is 5.91 Å². The fourth-order valence-electron chi connectivity index (χ4n) is 7.01. The zero-order valence-electron chi connectivity index (χ0n) is 29.2. The van der Waals surface area contributed by atoms with Crippen LogP contribution in [0.4, 0.5) is 4.79 Å². The number of ether oxygens (including phenoxy) is 2. The number of carbonyl (C=O) groups excluding carboxylic acids is 6. The van der Waals surface area contributed by atoms with Crippen LogP contribution in [-0.2, 0) is 33.4 Å². The van der Waals surface area contributed by atoms with Gasteiger partial charge in [0.2, 0.25) is 17.6 Å². The summed E-state index contributed by atoms with van der Waals surface area (Å²) in [7, 11) is 0. The first-order chi connectivity index (χ1) is 21.3. The predicted octanol–water partition coefficient (Wildman–Crippen LogP) is 3.65. The van der Waals surface area contributed by atoms with Crippen molar-refractivity contribution in [3.63, 3.8) is 0 Å². The molecule has 3 rings (SSSR count). The normalized spacial score (nSPS) is 23.8. The third-order valence-corrected chi connectivity index (χ3v) is 9.29. The maximum atomic E-state index is 14.3. The van der Waals surface area contributed by atoms with Crippen LogP contribution < -0.4 is 16.0 Å². The molecule has 2 aliphatic carbocycles. The zero-order chi connectivity index (χ0) is 34.6. The largest absolute Gasteiger partial charge is 0.460 e. The molecule has 4 amide bonds. The number of rotatable bonds is 12. The molecule has 0 aromatic rings. The smallest absolute Gasteiger partial charge is 0.408 e. The molecule has 5 atom stereocenters. The van der Waals surface area contributed by atoms with Crippen LogP contribution in [0.1, 0.15) is 114 Å². The number of piperidine rings is 1. The van der Waals surface area contributed by atoms with Gasteiger partial charge in [-0.3, -0.25) is 24.0 Å². The average Bonchev–Trinajstić information content (AvgIpc) is 3.25.